The molecule has 0 bridgehead atoms. The molecule has 0 spiro atoms. The van der Waals surface area contributed by atoms with E-state index in [9.17, 15) is 4.39 Å². The SMILES string of the molecule is CCn1c(CN)nnc1SCCOc1ccc(F)cc1. The van der Waals surface area contributed by atoms with E-state index in [0.29, 0.717) is 18.9 Å². The van der Waals surface area contributed by atoms with E-state index in [-0.39, 0.29) is 5.82 Å². The highest BCUT2D eigenvalue weighted by atomic mass is 32.2. The number of benzene rings is 1. The Labute approximate surface area is 121 Å². The van der Waals surface area contributed by atoms with E-state index in [1.807, 2.05) is 11.5 Å². The van der Waals surface area contributed by atoms with Gasteiger partial charge in [-0.25, -0.2) is 4.39 Å². The highest BCUT2D eigenvalue weighted by Gasteiger charge is 2.09. The summed E-state index contributed by atoms with van der Waals surface area (Å²) in [4.78, 5) is 0. The van der Waals surface area contributed by atoms with Crippen molar-refractivity contribution in [2.45, 2.75) is 25.2 Å². The first-order chi connectivity index (χ1) is 9.74. The third-order valence-corrected chi connectivity index (χ3v) is 3.62. The molecule has 0 radical (unpaired) electrons. The second kappa shape index (κ2) is 7.25. The van der Waals surface area contributed by atoms with Crippen LogP contribution >= 0.6 is 11.8 Å². The van der Waals surface area contributed by atoms with Crippen molar-refractivity contribution >= 4 is 11.8 Å². The third-order valence-electron chi connectivity index (χ3n) is 2.69. The quantitative estimate of drug-likeness (QED) is 0.626. The van der Waals surface area contributed by atoms with Gasteiger partial charge in [0.1, 0.15) is 17.4 Å². The Morgan fingerprint density at radius 1 is 1.30 bits per heavy atom. The van der Waals surface area contributed by atoms with Crippen molar-refractivity contribution in [1.29, 1.82) is 0 Å². The second-order valence-electron chi connectivity index (χ2n) is 4.00. The van der Waals surface area contributed by atoms with Gasteiger partial charge in [0.05, 0.1) is 13.2 Å². The van der Waals surface area contributed by atoms with Gasteiger partial charge in [-0.2, -0.15) is 0 Å². The van der Waals surface area contributed by atoms with Gasteiger partial charge < -0.3 is 15.0 Å². The molecule has 0 amide bonds. The first-order valence-electron chi connectivity index (χ1n) is 6.38. The number of hydrogen-bond acceptors (Lipinski definition) is 5. The molecule has 2 aromatic rings. The standard InChI is InChI=1S/C13H17FN4OS/c1-2-18-12(9-15)16-17-13(18)20-8-7-19-11-5-3-10(14)4-6-11/h3-6H,2,7-9,15H2,1H3. The summed E-state index contributed by atoms with van der Waals surface area (Å²) in [6.07, 6.45) is 0. The minimum Gasteiger partial charge on any atom is -0.493 e. The minimum absolute atomic E-state index is 0.267. The summed E-state index contributed by atoms with van der Waals surface area (Å²) in [5.41, 5.74) is 5.59. The van der Waals surface area contributed by atoms with Crippen LogP contribution < -0.4 is 10.5 Å². The predicted octanol–water partition coefficient (Wildman–Crippen LogP) is 2.07. The Kier molecular flexibility index (Phi) is 5.37. The topological polar surface area (TPSA) is 66.0 Å². The maximum absolute atomic E-state index is 12.7. The molecule has 0 aliphatic carbocycles. The summed E-state index contributed by atoms with van der Waals surface area (Å²) >= 11 is 1.56. The maximum Gasteiger partial charge on any atom is 0.191 e. The van der Waals surface area contributed by atoms with Crippen LogP contribution in [0.4, 0.5) is 4.39 Å². The molecule has 1 heterocycles. The first-order valence-corrected chi connectivity index (χ1v) is 7.36. The number of rotatable bonds is 7. The molecule has 0 aliphatic heterocycles. The van der Waals surface area contributed by atoms with Crippen molar-refractivity contribution in [3.8, 4) is 5.75 Å². The van der Waals surface area contributed by atoms with E-state index in [4.69, 9.17) is 10.5 Å². The molecule has 0 unspecified atom stereocenters. The lowest BCUT2D eigenvalue weighted by atomic mass is 10.3. The molecule has 2 N–H and O–H groups in total. The molecule has 0 fully saturated rings. The van der Waals surface area contributed by atoms with Crippen molar-refractivity contribution in [1.82, 2.24) is 14.8 Å². The second-order valence-corrected chi connectivity index (χ2v) is 5.06. The van der Waals surface area contributed by atoms with Crippen LogP contribution in [0.5, 0.6) is 5.75 Å². The summed E-state index contributed by atoms with van der Waals surface area (Å²) in [7, 11) is 0. The fraction of sp³-hybridized carbons (Fsp3) is 0.385. The molecule has 2 rings (SSSR count). The fourth-order valence-electron chi connectivity index (χ4n) is 1.72. The third kappa shape index (κ3) is 3.71. The molecule has 108 valence electrons. The van der Waals surface area contributed by atoms with Crippen molar-refractivity contribution in [2.24, 2.45) is 5.73 Å². The summed E-state index contributed by atoms with van der Waals surface area (Å²) in [6.45, 7) is 3.72. The van der Waals surface area contributed by atoms with Gasteiger partial charge in [0.25, 0.3) is 0 Å². The fourth-order valence-corrected chi connectivity index (χ4v) is 2.56. The van der Waals surface area contributed by atoms with Crippen LogP contribution in [0.25, 0.3) is 0 Å². The molecule has 1 aromatic heterocycles. The smallest absolute Gasteiger partial charge is 0.191 e. The highest BCUT2D eigenvalue weighted by molar-refractivity contribution is 7.99. The Morgan fingerprint density at radius 2 is 2.05 bits per heavy atom. The van der Waals surface area contributed by atoms with E-state index >= 15 is 0 Å². The number of hydrogen-bond donors (Lipinski definition) is 1. The van der Waals surface area contributed by atoms with Crippen molar-refractivity contribution < 1.29 is 9.13 Å². The molecule has 0 saturated heterocycles. The lowest BCUT2D eigenvalue weighted by Gasteiger charge is -2.07. The van der Waals surface area contributed by atoms with E-state index < -0.39 is 0 Å². The van der Waals surface area contributed by atoms with Crippen molar-refractivity contribution in [2.75, 3.05) is 12.4 Å². The molecule has 0 saturated carbocycles. The first kappa shape index (κ1) is 14.8. The molecule has 7 heteroatoms. The Hall–Kier alpha value is -1.60. The lowest BCUT2D eigenvalue weighted by Crippen LogP contribution is -2.08. The van der Waals surface area contributed by atoms with Gasteiger partial charge in [-0.05, 0) is 31.2 Å². The number of ether oxygens (including phenoxy) is 1. The van der Waals surface area contributed by atoms with Gasteiger partial charge in [-0.3, -0.25) is 0 Å². The molecular weight excluding hydrogens is 279 g/mol. The van der Waals surface area contributed by atoms with Crippen molar-refractivity contribution in [3.63, 3.8) is 0 Å². The van der Waals surface area contributed by atoms with Crippen LogP contribution in [0.1, 0.15) is 12.7 Å². The van der Waals surface area contributed by atoms with E-state index in [2.05, 4.69) is 10.2 Å². The van der Waals surface area contributed by atoms with Crippen LogP contribution in [0.3, 0.4) is 0 Å². The Morgan fingerprint density at radius 3 is 2.70 bits per heavy atom. The zero-order chi connectivity index (χ0) is 14.4. The van der Waals surface area contributed by atoms with Crippen molar-refractivity contribution in [3.05, 3.63) is 35.9 Å². The van der Waals surface area contributed by atoms with Gasteiger partial charge in [-0.1, -0.05) is 11.8 Å². The monoisotopic (exact) mass is 296 g/mol. The molecule has 1 aromatic carbocycles. The Balaban J connectivity index is 1.81. The molecule has 0 aliphatic rings. The molecule has 5 nitrogen and oxygen atoms in total. The number of aromatic nitrogens is 3. The highest BCUT2D eigenvalue weighted by Crippen LogP contribution is 2.17. The van der Waals surface area contributed by atoms with Crippen LogP contribution in [0, 0.1) is 5.82 Å². The van der Waals surface area contributed by atoms with Gasteiger partial charge in [0.2, 0.25) is 0 Å². The van der Waals surface area contributed by atoms with Gasteiger partial charge in [0.15, 0.2) is 5.16 Å². The lowest BCUT2D eigenvalue weighted by molar-refractivity contribution is 0.343. The summed E-state index contributed by atoms with van der Waals surface area (Å²) in [5.74, 6) is 1.92. The van der Waals surface area contributed by atoms with E-state index in [1.165, 1.54) is 12.1 Å². The van der Waals surface area contributed by atoms with E-state index in [0.717, 1.165) is 23.3 Å². The molecule has 20 heavy (non-hydrogen) atoms. The number of thioether (sulfide) groups is 1. The zero-order valence-corrected chi connectivity index (χ0v) is 12.1. The van der Waals surface area contributed by atoms with Gasteiger partial charge in [-0.15, -0.1) is 10.2 Å². The predicted molar refractivity (Wildman–Crippen MR) is 76.2 cm³/mol. The largest absolute Gasteiger partial charge is 0.493 e. The summed E-state index contributed by atoms with van der Waals surface area (Å²) in [5, 5.41) is 8.98. The van der Waals surface area contributed by atoms with Gasteiger partial charge in [0, 0.05) is 12.3 Å². The van der Waals surface area contributed by atoms with Crippen LogP contribution in [0.15, 0.2) is 29.4 Å². The van der Waals surface area contributed by atoms with E-state index in [1.54, 1.807) is 23.9 Å². The average molecular weight is 296 g/mol. The van der Waals surface area contributed by atoms with Crippen LogP contribution in [-0.2, 0) is 13.1 Å². The van der Waals surface area contributed by atoms with Gasteiger partial charge >= 0.3 is 0 Å². The molecule has 0 atom stereocenters. The van der Waals surface area contributed by atoms with Crippen LogP contribution in [-0.4, -0.2) is 27.1 Å². The number of nitrogens with zero attached hydrogens (tertiary/aromatic N) is 3. The average Bonchev–Trinajstić information content (AvgIpc) is 2.87. The maximum atomic E-state index is 12.7. The number of halogens is 1. The number of nitrogens with two attached hydrogens (primary N) is 1. The Bertz CT molecular complexity index is 544. The minimum atomic E-state index is -0.267. The summed E-state index contributed by atoms with van der Waals surface area (Å²) in [6, 6.07) is 5.98. The normalized spacial score (nSPS) is 10.8. The summed E-state index contributed by atoms with van der Waals surface area (Å²) < 4.78 is 20.2. The zero-order valence-electron chi connectivity index (χ0n) is 11.3. The van der Waals surface area contributed by atoms with Crippen LogP contribution in [0.2, 0.25) is 0 Å². The molecular formula is C13H17FN4OS.